The van der Waals surface area contributed by atoms with Crippen molar-refractivity contribution < 1.29 is 14.0 Å². The van der Waals surface area contributed by atoms with Crippen LogP contribution in [0.4, 0.5) is 5.69 Å². The first-order valence-electron chi connectivity index (χ1n) is 6.89. The van der Waals surface area contributed by atoms with Crippen LogP contribution in [0.3, 0.4) is 0 Å². The van der Waals surface area contributed by atoms with Crippen molar-refractivity contribution in [2.24, 2.45) is 0 Å². The highest BCUT2D eigenvalue weighted by atomic mass is 79.9. The first-order chi connectivity index (χ1) is 10.6. The van der Waals surface area contributed by atoms with Crippen molar-refractivity contribution in [3.8, 4) is 0 Å². The van der Waals surface area contributed by atoms with E-state index in [2.05, 4.69) is 21.2 Å². The van der Waals surface area contributed by atoms with Gasteiger partial charge in [-0.25, -0.2) is 0 Å². The third kappa shape index (κ3) is 4.73. The SMILES string of the molecule is CC(=O)N(CCC(=O)NCc1ccco1)c1cccc(Br)c1. The molecule has 2 rings (SSSR count). The second-order valence-corrected chi connectivity index (χ2v) is 5.67. The topological polar surface area (TPSA) is 62.6 Å². The average Bonchev–Trinajstić information content (AvgIpc) is 2.98. The van der Waals surface area contributed by atoms with Crippen LogP contribution in [0.25, 0.3) is 0 Å². The summed E-state index contributed by atoms with van der Waals surface area (Å²) < 4.78 is 6.03. The number of hydrogen-bond donors (Lipinski definition) is 1. The number of furan rings is 1. The Bertz CT molecular complexity index is 641. The Morgan fingerprint density at radius 2 is 2.09 bits per heavy atom. The highest BCUT2D eigenvalue weighted by Gasteiger charge is 2.13. The number of benzene rings is 1. The minimum Gasteiger partial charge on any atom is -0.467 e. The van der Waals surface area contributed by atoms with Gasteiger partial charge in [0.25, 0.3) is 0 Å². The van der Waals surface area contributed by atoms with Crippen LogP contribution in [0, 0.1) is 0 Å². The lowest BCUT2D eigenvalue weighted by Gasteiger charge is -2.21. The average molecular weight is 365 g/mol. The quantitative estimate of drug-likeness (QED) is 0.856. The molecule has 0 unspecified atom stereocenters. The van der Waals surface area contributed by atoms with Gasteiger partial charge in [0.15, 0.2) is 0 Å². The molecular formula is C16H17BrN2O3. The predicted octanol–water partition coefficient (Wildman–Crippen LogP) is 3.10. The van der Waals surface area contributed by atoms with Crippen LogP contribution in [0.15, 0.2) is 51.6 Å². The summed E-state index contributed by atoms with van der Waals surface area (Å²) in [6.07, 6.45) is 1.79. The number of carbonyl (C=O) groups is 2. The van der Waals surface area contributed by atoms with E-state index in [0.29, 0.717) is 18.8 Å². The highest BCUT2D eigenvalue weighted by Crippen LogP contribution is 2.20. The predicted molar refractivity (Wildman–Crippen MR) is 87.3 cm³/mol. The summed E-state index contributed by atoms with van der Waals surface area (Å²) in [6.45, 7) is 2.17. The third-order valence-corrected chi connectivity index (χ3v) is 3.60. The van der Waals surface area contributed by atoms with Crippen molar-refractivity contribution in [1.82, 2.24) is 5.32 Å². The Kier molecular flexibility index (Phi) is 5.77. The zero-order chi connectivity index (χ0) is 15.9. The monoisotopic (exact) mass is 364 g/mol. The maximum atomic E-state index is 11.9. The largest absolute Gasteiger partial charge is 0.467 e. The minimum absolute atomic E-state index is 0.100. The van der Waals surface area contributed by atoms with Gasteiger partial charge in [0, 0.05) is 30.0 Å². The molecule has 2 aromatic rings. The number of anilines is 1. The lowest BCUT2D eigenvalue weighted by Crippen LogP contribution is -2.33. The Morgan fingerprint density at radius 3 is 2.73 bits per heavy atom. The molecule has 0 spiro atoms. The van der Waals surface area contributed by atoms with Gasteiger partial charge < -0.3 is 14.6 Å². The smallest absolute Gasteiger partial charge is 0.223 e. The molecule has 116 valence electrons. The summed E-state index contributed by atoms with van der Waals surface area (Å²) in [5, 5.41) is 2.76. The van der Waals surface area contributed by atoms with Gasteiger partial charge in [-0.05, 0) is 30.3 Å². The van der Waals surface area contributed by atoms with Gasteiger partial charge in [-0.2, -0.15) is 0 Å². The van der Waals surface area contributed by atoms with Crippen LogP contribution in [-0.4, -0.2) is 18.4 Å². The van der Waals surface area contributed by atoms with E-state index in [4.69, 9.17) is 4.42 Å². The molecule has 0 saturated heterocycles. The lowest BCUT2D eigenvalue weighted by molar-refractivity contribution is -0.121. The van der Waals surface area contributed by atoms with Crippen LogP contribution in [0.2, 0.25) is 0 Å². The number of rotatable bonds is 6. The maximum Gasteiger partial charge on any atom is 0.223 e. The van der Waals surface area contributed by atoms with E-state index in [-0.39, 0.29) is 18.2 Å². The summed E-state index contributed by atoms with van der Waals surface area (Å²) in [4.78, 5) is 25.2. The zero-order valence-corrected chi connectivity index (χ0v) is 13.8. The molecule has 0 saturated carbocycles. The Balaban J connectivity index is 1.89. The molecule has 0 radical (unpaired) electrons. The molecule has 22 heavy (non-hydrogen) atoms. The van der Waals surface area contributed by atoms with Crippen molar-refractivity contribution in [2.45, 2.75) is 19.9 Å². The summed E-state index contributed by atoms with van der Waals surface area (Å²) in [6, 6.07) is 11.0. The van der Waals surface area contributed by atoms with Crippen LogP contribution < -0.4 is 10.2 Å². The fourth-order valence-electron chi connectivity index (χ4n) is 2.01. The summed E-state index contributed by atoms with van der Waals surface area (Å²) in [5.74, 6) is 0.471. The fourth-order valence-corrected chi connectivity index (χ4v) is 2.40. The molecule has 5 nitrogen and oxygen atoms in total. The second-order valence-electron chi connectivity index (χ2n) is 4.76. The normalized spacial score (nSPS) is 10.3. The van der Waals surface area contributed by atoms with Crippen LogP contribution in [-0.2, 0) is 16.1 Å². The maximum absolute atomic E-state index is 11.9. The van der Waals surface area contributed by atoms with E-state index in [0.717, 1.165) is 10.2 Å². The standard InChI is InChI=1S/C16H17BrN2O3/c1-12(20)19(14-5-2-4-13(17)10-14)8-7-16(21)18-11-15-6-3-9-22-15/h2-6,9-10H,7-8,11H2,1H3,(H,18,21). The number of halogens is 1. The molecule has 1 aromatic carbocycles. The minimum atomic E-state index is -0.127. The van der Waals surface area contributed by atoms with Crippen LogP contribution in [0.1, 0.15) is 19.1 Å². The number of carbonyl (C=O) groups excluding carboxylic acids is 2. The van der Waals surface area contributed by atoms with Crippen LogP contribution >= 0.6 is 15.9 Å². The number of amides is 2. The van der Waals surface area contributed by atoms with Gasteiger partial charge in [0.1, 0.15) is 5.76 Å². The van der Waals surface area contributed by atoms with Gasteiger partial charge >= 0.3 is 0 Å². The molecule has 0 fully saturated rings. The third-order valence-electron chi connectivity index (χ3n) is 3.10. The van der Waals surface area contributed by atoms with E-state index in [9.17, 15) is 9.59 Å². The summed E-state index contributed by atoms with van der Waals surface area (Å²) >= 11 is 3.38. The van der Waals surface area contributed by atoms with Crippen molar-refractivity contribution in [2.75, 3.05) is 11.4 Å². The van der Waals surface area contributed by atoms with E-state index in [1.54, 1.807) is 23.3 Å². The summed E-state index contributed by atoms with van der Waals surface area (Å²) in [7, 11) is 0. The van der Waals surface area contributed by atoms with Crippen molar-refractivity contribution in [3.63, 3.8) is 0 Å². The molecule has 6 heteroatoms. The van der Waals surface area contributed by atoms with Crippen molar-refractivity contribution in [1.29, 1.82) is 0 Å². The lowest BCUT2D eigenvalue weighted by atomic mass is 10.2. The number of nitrogens with one attached hydrogen (secondary N) is 1. The Hall–Kier alpha value is -2.08. The molecule has 0 aliphatic rings. The Labute approximate surface area is 137 Å². The van der Waals surface area contributed by atoms with Gasteiger partial charge in [0.2, 0.25) is 11.8 Å². The first kappa shape index (κ1) is 16.3. The molecule has 2 amide bonds. The highest BCUT2D eigenvalue weighted by molar-refractivity contribution is 9.10. The van der Waals surface area contributed by atoms with E-state index >= 15 is 0 Å². The Morgan fingerprint density at radius 1 is 1.27 bits per heavy atom. The molecule has 0 aliphatic carbocycles. The molecule has 1 N–H and O–H groups in total. The molecule has 0 aliphatic heterocycles. The summed E-state index contributed by atoms with van der Waals surface area (Å²) in [5.41, 5.74) is 0.765. The van der Waals surface area contributed by atoms with Crippen molar-refractivity contribution in [3.05, 3.63) is 52.9 Å². The van der Waals surface area contributed by atoms with E-state index in [1.807, 2.05) is 24.3 Å². The zero-order valence-electron chi connectivity index (χ0n) is 12.2. The van der Waals surface area contributed by atoms with Gasteiger partial charge in [-0.3, -0.25) is 9.59 Å². The fraction of sp³-hybridized carbons (Fsp3) is 0.250. The number of nitrogens with zero attached hydrogens (tertiary/aromatic N) is 1. The van der Waals surface area contributed by atoms with Gasteiger partial charge in [0.05, 0.1) is 12.8 Å². The number of hydrogen-bond acceptors (Lipinski definition) is 3. The van der Waals surface area contributed by atoms with E-state index in [1.165, 1.54) is 6.92 Å². The van der Waals surface area contributed by atoms with E-state index < -0.39 is 0 Å². The molecular weight excluding hydrogens is 348 g/mol. The molecule has 0 atom stereocenters. The molecule has 1 aromatic heterocycles. The second kappa shape index (κ2) is 7.79. The first-order valence-corrected chi connectivity index (χ1v) is 7.68. The van der Waals surface area contributed by atoms with Gasteiger partial charge in [-0.1, -0.05) is 22.0 Å². The van der Waals surface area contributed by atoms with Crippen LogP contribution in [0.5, 0.6) is 0 Å². The van der Waals surface area contributed by atoms with Gasteiger partial charge in [-0.15, -0.1) is 0 Å². The molecule has 1 heterocycles. The van der Waals surface area contributed by atoms with Crippen molar-refractivity contribution >= 4 is 33.4 Å². The molecule has 0 bridgehead atoms.